The molecule has 0 bridgehead atoms. The highest BCUT2D eigenvalue weighted by Gasteiger charge is 2.05. The zero-order valence-corrected chi connectivity index (χ0v) is 5.84. The van der Waals surface area contributed by atoms with E-state index in [1.54, 1.807) is 0 Å². The molecule has 1 rings (SSSR count). The SMILES string of the molecule is O.O=C=Nc1c(F)cccc1F. The van der Waals surface area contributed by atoms with Crippen LogP contribution in [0.25, 0.3) is 0 Å². The lowest BCUT2D eigenvalue weighted by Crippen LogP contribution is -1.80. The highest BCUT2D eigenvalue weighted by Crippen LogP contribution is 2.20. The van der Waals surface area contributed by atoms with E-state index in [1.807, 2.05) is 0 Å². The van der Waals surface area contributed by atoms with Crippen molar-refractivity contribution in [1.29, 1.82) is 0 Å². The van der Waals surface area contributed by atoms with Gasteiger partial charge in [-0.05, 0) is 12.1 Å². The summed E-state index contributed by atoms with van der Waals surface area (Å²) >= 11 is 0. The van der Waals surface area contributed by atoms with E-state index >= 15 is 0 Å². The second-order valence-electron chi connectivity index (χ2n) is 1.77. The van der Waals surface area contributed by atoms with Crippen molar-refractivity contribution in [3.05, 3.63) is 29.8 Å². The minimum atomic E-state index is -0.867. The fourth-order valence-corrected chi connectivity index (χ4v) is 0.641. The fourth-order valence-electron chi connectivity index (χ4n) is 0.641. The number of benzene rings is 1. The lowest BCUT2D eigenvalue weighted by atomic mass is 10.3. The number of rotatable bonds is 1. The summed E-state index contributed by atoms with van der Waals surface area (Å²) in [6.07, 6.45) is 1.06. The zero-order valence-electron chi connectivity index (χ0n) is 5.84. The molecule has 0 saturated heterocycles. The molecule has 0 spiro atoms. The van der Waals surface area contributed by atoms with E-state index in [9.17, 15) is 13.6 Å². The standard InChI is InChI=1S/C7H3F2NO.H2O/c8-5-2-1-3-6(9)7(5)10-4-11;/h1-3H;1H2. The number of carbonyl (C=O) groups excluding carboxylic acids is 1. The van der Waals surface area contributed by atoms with Gasteiger partial charge in [-0.15, -0.1) is 0 Å². The highest BCUT2D eigenvalue weighted by atomic mass is 19.1. The number of para-hydroxylation sites is 1. The molecule has 1 aromatic rings. The normalized spacial score (nSPS) is 8.17. The molecule has 0 unspecified atom stereocenters. The maximum absolute atomic E-state index is 12.5. The molecule has 0 fully saturated rings. The van der Waals surface area contributed by atoms with Gasteiger partial charge in [0.2, 0.25) is 6.08 Å². The smallest absolute Gasteiger partial charge is 0.240 e. The molecule has 0 saturated carbocycles. The first kappa shape index (κ1) is 10.4. The van der Waals surface area contributed by atoms with Gasteiger partial charge in [-0.3, -0.25) is 0 Å². The minimum absolute atomic E-state index is 0. The molecule has 0 aliphatic heterocycles. The van der Waals surface area contributed by atoms with E-state index in [1.165, 1.54) is 6.07 Å². The lowest BCUT2D eigenvalue weighted by molar-refractivity contribution is 0.560. The van der Waals surface area contributed by atoms with Crippen LogP contribution >= 0.6 is 0 Å². The molecule has 3 nitrogen and oxygen atoms in total. The Hall–Kier alpha value is -1.58. The Kier molecular flexibility index (Phi) is 3.76. The summed E-state index contributed by atoms with van der Waals surface area (Å²) in [7, 11) is 0. The molecule has 1 aromatic carbocycles. The van der Waals surface area contributed by atoms with Gasteiger partial charge in [0.1, 0.15) is 5.69 Å². The van der Waals surface area contributed by atoms with Gasteiger partial charge in [0.05, 0.1) is 0 Å². The van der Waals surface area contributed by atoms with Crippen LogP contribution in [0.2, 0.25) is 0 Å². The Morgan fingerprint density at radius 1 is 1.25 bits per heavy atom. The average Bonchev–Trinajstić information content (AvgIpc) is 1.97. The second-order valence-corrected chi connectivity index (χ2v) is 1.77. The summed E-state index contributed by atoms with van der Waals surface area (Å²) in [5.74, 6) is -1.73. The molecule has 0 aliphatic rings. The summed E-state index contributed by atoms with van der Waals surface area (Å²) in [5.41, 5.74) is -0.595. The lowest BCUT2D eigenvalue weighted by Gasteiger charge is -1.93. The molecular weight excluding hydrogens is 168 g/mol. The Balaban J connectivity index is 0.00000121. The van der Waals surface area contributed by atoms with Crippen molar-refractivity contribution in [2.24, 2.45) is 4.99 Å². The predicted molar refractivity (Wildman–Crippen MR) is 37.8 cm³/mol. The van der Waals surface area contributed by atoms with E-state index < -0.39 is 17.3 Å². The summed E-state index contributed by atoms with van der Waals surface area (Å²) in [6.45, 7) is 0. The number of halogens is 2. The van der Waals surface area contributed by atoms with Crippen molar-refractivity contribution in [2.45, 2.75) is 0 Å². The molecule has 64 valence electrons. The molecule has 2 N–H and O–H groups in total. The Morgan fingerprint density at radius 3 is 2.17 bits per heavy atom. The van der Waals surface area contributed by atoms with E-state index in [0.717, 1.165) is 18.2 Å². The number of isocyanates is 1. The van der Waals surface area contributed by atoms with Gasteiger partial charge in [0.25, 0.3) is 0 Å². The van der Waals surface area contributed by atoms with Crippen molar-refractivity contribution in [3.63, 3.8) is 0 Å². The number of nitrogens with zero attached hydrogens (tertiary/aromatic N) is 1. The summed E-state index contributed by atoms with van der Waals surface area (Å²) < 4.78 is 25.0. The topological polar surface area (TPSA) is 60.9 Å². The van der Waals surface area contributed by atoms with E-state index in [4.69, 9.17) is 0 Å². The Bertz CT molecular complexity index is 301. The van der Waals surface area contributed by atoms with Gasteiger partial charge in [0, 0.05) is 0 Å². The maximum Gasteiger partial charge on any atom is 0.240 e. The van der Waals surface area contributed by atoms with E-state index in [2.05, 4.69) is 4.99 Å². The molecule has 0 amide bonds. The monoisotopic (exact) mass is 173 g/mol. The van der Waals surface area contributed by atoms with Gasteiger partial charge in [-0.2, -0.15) is 4.99 Å². The van der Waals surface area contributed by atoms with Crippen molar-refractivity contribution < 1.29 is 19.1 Å². The third-order valence-electron chi connectivity index (χ3n) is 1.09. The summed E-state index contributed by atoms with van der Waals surface area (Å²) in [5, 5.41) is 0. The van der Waals surface area contributed by atoms with Crippen LogP contribution < -0.4 is 0 Å². The second kappa shape index (κ2) is 4.33. The third kappa shape index (κ3) is 1.95. The van der Waals surface area contributed by atoms with Gasteiger partial charge in [-0.1, -0.05) is 6.07 Å². The highest BCUT2D eigenvalue weighted by molar-refractivity contribution is 5.50. The van der Waals surface area contributed by atoms with Crippen LogP contribution in [-0.2, 0) is 4.79 Å². The van der Waals surface area contributed by atoms with Crippen LogP contribution in [0.5, 0.6) is 0 Å². The van der Waals surface area contributed by atoms with Crippen LogP contribution in [-0.4, -0.2) is 11.6 Å². The van der Waals surface area contributed by atoms with E-state index in [-0.39, 0.29) is 5.48 Å². The molecule has 5 heteroatoms. The fraction of sp³-hybridized carbons (Fsp3) is 0. The third-order valence-corrected chi connectivity index (χ3v) is 1.09. The van der Waals surface area contributed by atoms with Crippen LogP contribution in [0, 0.1) is 11.6 Å². The summed E-state index contributed by atoms with van der Waals surface area (Å²) in [6, 6.07) is 3.22. The Morgan fingerprint density at radius 2 is 1.75 bits per heavy atom. The van der Waals surface area contributed by atoms with Crippen molar-refractivity contribution in [1.82, 2.24) is 0 Å². The van der Waals surface area contributed by atoms with Crippen LogP contribution in [0.4, 0.5) is 14.5 Å². The molecule has 0 aliphatic carbocycles. The first-order chi connectivity index (χ1) is 5.25. The van der Waals surface area contributed by atoms with Gasteiger partial charge in [-0.25, -0.2) is 13.6 Å². The minimum Gasteiger partial charge on any atom is -0.412 e. The largest absolute Gasteiger partial charge is 0.412 e. The molecule has 0 atom stereocenters. The van der Waals surface area contributed by atoms with Crippen molar-refractivity contribution in [3.8, 4) is 0 Å². The first-order valence-electron chi connectivity index (χ1n) is 2.77. The number of aliphatic imine (C=N–C) groups is 1. The Labute approximate surface area is 66.7 Å². The maximum atomic E-state index is 12.5. The molecule has 0 aromatic heterocycles. The van der Waals surface area contributed by atoms with Gasteiger partial charge < -0.3 is 5.48 Å². The molecule has 0 radical (unpaired) electrons. The van der Waals surface area contributed by atoms with Gasteiger partial charge in [0.15, 0.2) is 11.6 Å². The first-order valence-corrected chi connectivity index (χ1v) is 2.77. The van der Waals surface area contributed by atoms with Crippen LogP contribution in [0.1, 0.15) is 0 Å². The van der Waals surface area contributed by atoms with Crippen LogP contribution in [0.3, 0.4) is 0 Å². The predicted octanol–water partition coefficient (Wildman–Crippen LogP) is 1.11. The number of hydrogen-bond donors (Lipinski definition) is 0. The molecule has 12 heavy (non-hydrogen) atoms. The molecular formula is C7H5F2NO2. The number of hydrogen-bond acceptors (Lipinski definition) is 2. The van der Waals surface area contributed by atoms with Crippen molar-refractivity contribution >= 4 is 11.8 Å². The zero-order chi connectivity index (χ0) is 8.27. The summed E-state index contributed by atoms with van der Waals surface area (Å²) in [4.78, 5) is 12.5. The molecule has 0 heterocycles. The average molecular weight is 173 g/mol. The van der Waals surface area contributed by atoms with Crippen LogP contribution in [0.15, 0.2) is 23.2 Å². The quantitative estimate of drug-likeness (QED) is 0.463. The van der Waals surface area contributed by atoms with E-state index in [0.29, 0.717) is 0 Å². The van der Waals surface area contributed by atoms with Crippen molar-refractivity contribution in [2.75, 3.05) is 0 Å². The van der Waals surface area contributed by atoms with Gasteiger partial charge >= 0.3 is 0 Å².